The lowest BCUT2D eigenvalue weighted by Crippen LogP contribution is -3.14. The number of ether oxygens (including phenoxy) is 2. The minimum absolute atomic E-state index is 0.00747. The summed E-state index contributed by atoms with van der Waals surface area (Å²) >= 11 is 0. The van der Waals surface area contributed by atoms with Gasteiger partial charge in [-0.05, 0) is 31.2 Å². The minimum Gasteiger partial charge on any atom is -0.491 e. The number of aliphatic hydroxyl groups is 1. The number of quaternary nitrogens is 1. The van der Waals surface area contributed by atoms with Gasteiger partial charge in [0, 0.05) is 18.4 Å². The predicted molar refractivity (Wildman–Crippen MR) is 88.3 cm³/mol. The standard InChI is InChI=1S/C18H25NO5/c1-13(20)14-3-5-17(6-4-14)24-12-16(21)11-19-9-7-15(8-10-19)18(22)23-2/h3-6,15-16,21H,7-12H2,1-2H3/p+1/t16-/m1/s1. The number of carbonyl (C=O) groups is 2. The number of rotatable bonds is 7. The number of ketones is 1. The van der Waals surface area contributed by atoms with Crippen LogP contribution in [0.3, 0.4) is 0 Å². The Balaban J connectivity index is 1.71. The zero-order valence-corrected chi connectivity index (χ0v) is 14.3. The second-order valence-corrected chi connectivity index (χ2v) is 6.30. The van der Waals surface area contributed by atoms with Crippen LogP contribution < -0.4 is 9.64 Å². The number of Topliss-reactive ketones (excluding diaryl/α,β-unsaturated/α-hetero) is 1. The quantitative estimate of drug-likeness (QED) is 0.545. The number of carbonyl (C=O) groups excluding carboxylic acids is 2. The molecule has 1 fully saturated rings. The van der Waals surface area contributed by atoms with Crippen LogP contribution in [0.15, 0.2) is 24.3 Å². The van der Waals surface area contributed by atoms with Gasteiger partial charge < -0.3 is 19.5 Å². The van der Waals surface area contributed by atoms with Crippen molar-refractivity contribution in [1.82, 2.24) is 0 Å². The first-order chi connectivity index (χ1) is 11.5. The molecule has 1 aromatic carbocycles. The molecule has 24 heavy (non-hydrogen) atoms. The third-order valence-electron chi connectivity index (χ3n) is 4.45. The lowest BCUT2D eigenvalue weighted by atomic mass is 9.97. The summed E-state index contributed by atoms with van der Waals surface area (Å²) < 4.78 is 10.4. The van der Waals surface area contributed by atoms with Crippen LogP contribution in [-0.2, 0) is 9.53 Å². The van der Waals surface area contributed by atoms with Crippen LogP contribution in [0.25, 0.3) is 0 Å². The SMILES string of the molecule is COC(=O)C1CC[NH+](C[C@@H](O)COc2ccc(C(C)=O)cc2)CC1. The number of nitrogens with one attached hydrogen (secondary N) is 1. The van der Waals surface area contributed by atoms with Gasteiger partial charge in [-0.1, -0.05) is 0 Å². The molecule has 1 heterocycles. The van der Waals surface area contributed by atoms with E-state index in [9.17, 15) is 14.7 Å². The largest absolute Gasteiger partial charge is 0.491 e. The molecular formula is C18H26NO5+. The van der Waals surface area contributed by atoms with E-state index in [1.165, 1.54) is 18.9 Å². The van der Waals surface area contributed by atoms with E-state index in [-0.39, 0.29) is 24.3 Å². The molecule has 0 aromatic heterocycles. The maximum Gasteiger partial charge on any atom is 0.309 e. The maximum atomic E-state index is 11.5. The highest BCUT2D eigenvalue weighted by Gasteiger charge is 2.29. The Bertz CT molecular complexity index is 549. The number of esters is 1. The van der Waals surface area contributed by atoms with Crippen LogP contribution >= 0.6 is 0 Å². The molecule has 0 unspecified atom stereocenters. The van der Waals surface area contributed by atoms with Gasteiger partial charge >= 0.3 is 5.97 Å². The molecule has 2 rings (SSSR count). The monoisotopic (exact) mass is 336 g/mol. The first kappa shape index (κ1) is 18.4. The minimum atomic E-state index is -0.567. The Kier molecular flexibility index (Phi) is 6.75. The fourth-order valence-electron chi connectivity index (χ4n) is 3.00. The van der Waals surface area contributed by atoms with E-state index in [0.717, 1.165) is 25.9 Å². The second kappa shape index (κ2) is 8.80. The predicted octanol–water partition coefficient (Wildman–Crippen LogP) is 0.0968. The summed E-state index contributed by atoms with van der Waals surface area (Å²) in [6.07, 6.45) is 1.02. The molecule has 0 saturated carbocycles. The zero-order valence-electron chi connectivity index (χ0n) is 14.3. The molecule has 0 aliphatic carbocycles. The molecule has 0 bridgehead atoms. The molecule has 0 radical (unpaired) electrons. The molecule has 2 N–H and O–H groups in total. The Morgan fingerprint density at radius 3 is 2.42 bits per heavy atom. The summed E-state index contributed by atoms with van der Waals surface area (Å²) in [6.45, 7) is 4.03. The van der Waals surface area contributed by atoms with Crippen molar-refractivity contribution in [3.63, 3.8) is 0 Å². The van der Waals surface area contributed by atoms with Crippen molar-refractivity contribution in [2.75, 3.05) is 33.4 Å². The van der Waals surface area contributed by atoms with Crippen molar-refractivity contribution in [3.05, 3.63) is 29.8 Å². The van der Waals surface area contributed by atoms with Crippen LogP contribution in [0.4, 0.5) is 0 Å². The van der Waals surface area contributed by atoms with E-state index in [1.54, 1.807) is 24.3 Å². The first-order valence-electron chi connectivity index (χ1n) is 8.33. The molecule has 1 saturated heterocycles. The Morgan fingerprint density at radius 2 is 1.88 bits per heavy atom. The van der Waals surface area contributed by atoms with Crippen molar-refractivity contribution in [2.45, 2.75) is 25.9 Å². The van der Waals surface area contributed by atoms with Gasteiger partial charge in [-0.2, -0.15) is 0 Å². The van der Waals surface area contributed by atoms with Crippen molar-refractivity contribution >= 4 is 11.8 Å². The number of methoxy groups -OCH3 is 1. The molecule has 1 aromatic rings. The van der Waals surface area contributed by atoms with Gasteiger partial charge in [-0.25, -0.2) is 0 Å². The molecule has 1 aliphatic rings. The average molecular weight is 336 g/mol. The number of benzene rings is 1. The first-order valence-corrected chi connectivity index (χ1v) is 8.33. The highest BCUT2D eigenvalue weighted by molar-refractivity contribution is 5.94. The van der Waals surface area contributed by atoms with Gasteiger partial charge in [0.1, 0.15) is 25.0 Å². The normalized spacial score (nSPS) is 21.8. The zero-order chi connectivity index (χ0) is 17.5. The molecule has 132 valence electrons. The van der Waals surface area contributed by atoms with E-state index >= 15 is 0 Å². The summed E-state index contributed by atoms with van der Waals surface area (Å²) in [7, 11) is 1.42. The lowest BCUT2D eigenvalue weighted by molar-refractivity contribution is -0.908. The summed E-state index contributed by atoms with van der Waals surface area (Å²) in [4.78, 5) is 24.0. The number of hydrogen-bond donors (Lipinski definition) is 2. The van der Waals surface area contributed by atoms with Crippen molar-refractivity contribution < 1.29 is 29.1 Å². The number of piperidine rings is 1. The second-order valence-electron chi connectivity index (χ2n) is 6.30. The van der Waals surface area contributed by atoms with Crippen LogP contribution in [0, 0.1) is 5.92 Å². The summed E-state index contributed by atoms with van der Waals surface area (Å²) in [5.41, 5.74) is 0.640. The fourth-order valence-corrected chi connectivity index (χ4v) is 3.00. The number of aliphatic hydroxyl groups excluding tert-OH is 1. The summed E-state index contributed by atoms with van der Waals surface area (Å²) in [5, 5.41) is 10.1. The van der Waals surface area contributed by atoms with E-state index in [1.807, 2.05) is 0 Å². The highest BCUT2D eigenvalue weighted by Crippen LogP contribution is 2.13. The van der Waals surface area contributed by atoms with Gasteiger partial charge in [0.15, 0.2) is 5.78 Å². The van der Waals surface area contributed by atoms with E-state index in [0.29, 0.717) is 17.9 Å². The van der Waals surface area contributed by atoms with Crippen molar-refractivity contribution in [1.29, 1.82) is 0 Å². The van der Waals surface area contributed by atoms with Gasteiger partial charge in [-0.3, -0.25) is 9.59 Å². The van der Waals surface area contributed by atoms with E-state index < -0.39 is 6.10 Å². The van der Waals surface area contributed by atoms with Crippen LogP contribution in [0.5, 0.6) is 5.75 Å². The van der Waals surface area contributed by atoms with E-state index in [2.05, 4.69) is 0 Å². The Labute approximate surface area is 142 Å². The van der Waals surface area contributed by atoms with Gasteiger partial charge in [0.25, 0.3) is 0 Å². The van der Waals surface area contributed by atoms with Crippen LogP contribution in [0.2, 0.25) is 0 Å². The molecule has 6 nitrogen and oxygen atoms in total. The van der Waals surface area contributed by atoms with Crippen LogP contribution in [-0.4, -0.2) is 56.3 Å². The van der Waals surface area contributed by atoms with Crippen molar-refractivity contribution in [3.8, 4) is 5.75 Å². The third-order valence-corrected chi connectivity index (χ3v) is 4.45. The summed E-state index contributed by atoms with van der Waals surface area (Å²) in [6, 6.07) is 6.90. The third kappa shape index (κ3) is 5.32. The Hall–Kier alpha value is -1.92. The lowest BCUT2D eigenvalue weighted by Gasteiger charge is -2.29. The number of likely N-dealkylation sites (tertiary alicyclic amines) is 1. The number of hydrogen-bond acceptors (Lipinski definition) is 5. The smallest absolute Gasteiger partial charge is 0.309 e. The fraction of sp³-hybridized carbons (Fsp3) is 0.556. The van der Waals surface area contributed by atoms with Gasteiger partial charge in [0.05, 0.1) is 26.1 Å². The molecule has 1 atom stereocenters. The van der Waals surface area contributed by atoms with Gasteiger partial charge in [0.2, 0.25) is 0 Å². The summed E-state index contributed by atoms with van der Waals surface area (Å²) in [5.74, 6) is 0.512. The van der Waals surface area contributed by atoms with E-state index in [4.69, 9.17) is 9.47 Å². The molecule has 6 heteroatoms. The highest BCUT2D eigenvalue weighted by atomic mass is 16.5. The topological polar surface area (TPSA) is 77.3 Å². The molecule has 0 spiro atoms. The van der Waals surface area contributed by atoms with Crippen LogP contribution in [0.1, 0.15) is 30.1 Å². The Morgan fingerprint density at radius 1 is 1.25 bits per heavy atom. The maximum absolute atomic E-state index is 11.5. The average Bonchev–Trinajstić information content (AvgIpc) is 2.60. The molecular weight excluding hydrogens is 310 g/mol. The molecule has 0 amide bonds. The molecule has 1 aliphatic heterocycles. The van der Waals surface area contributed by atoms with Gasteiger partial charge in [-0.15, -0.1) is 0 Å². The van der Waals surface area contributed by atoms with Crippen molar-refractivity contribution in [2.24, 2.45) is 5.92 Å².